The fourth-order valence-corrected chi connectivity index (χ4v) is 4.84. The van der Waals surface area contributed by atoms with Gasteiger partial charge in [-0.2, -0.15) is 0 Å². The largest absolute Gasteiger partial charge is 0.493 e. The molecule has 0 saturated heterocycles. The molecule has 0 heterocycles. The molecule has 0 spiro atoms. The Labute approximate surface area is 210 Å². The molecule has 35 heavy (non-hydrogen) atoms. The Balaban J connectivity index is 1.77. The third-order valence-corrected chi connectivity index (χ3v) is 7.05. The van der Waals surface area contributed by atoms with E-state index in [1.165, 1.54) is 44.6 Å². The number of nitrogens with one attached hydrogen (secondary N) is 1. The van der Waals surface area contributed by atoms with Gasteiger partial charge in [-0.15, -0.1) is 0 Å². The minimum atomic E-state index is -4.14. The number of aryl methyl sites for hydroxylation is 1. The lowest BCUT2D eigenvalue weighted by atomic mass is 10.2. The summed E-state index contributed by atoms with van der Waals surface area (Å²) in [4.78, 5) is 12.7. The van der Waals surface area contributed by atoms with Crippen molar-refractivity contribution >= 4 is 33.2 Å². The first-order chi connectivity index (χ1) is 16.7. The highest BCUT2D eigenvalue weighted by atomic mass is 35.5. The number of methoxy groups -OCH3 is 2. The number of carbonyl (C=O) groups excluding carboxylic acids is 1. The van der Waals surface area contributed by atoms with Gasteiger partial charge in [0.15, 0.2) is 11.5 Å². The minimum Gasteiger partial charge on any atom is -0.493 e. The van der Waals surface area contributed by atoms with E-state index >= 15 is 0 Å². The van der Waals surface area contributed by atoms with Crippen molar-refractivity contribution in [2.75, 3.05) is 38.2 Å². The van der Waals surface area contributed by atoms with Crippen molar-refractivity contribution in [3.8, 4) is 17.2 Å². The van der Waals surface area contributed by atoms with E-state index in [0.717, 1.165) is 9.87 Å². The van der Waals surface area contributed by atoms with Crippen molar-refractivity contribution in [3.63, 3.8) is 0 Å². The van der Waals surface area contributed by atoms with Crippen molar-refractivity contribution in [2.45, 2.75) is 11.8 Å². The van der Waals surface area contributed by atoms with Crippen molar-refractivity contribution in [2.24, 2.45) is 0 Å². The molecular weight excluding hydrogens is 492 g/mol. The van der Waals surface area contributed by atoms with Crippen LogP contribution in [0.5, 0.6) is 17.2 Å². The quantitative estimate of drug-likeness (QED) is 0.385. The second kappa shape index (κ2) is 11.8. The first kappa shape index (κ1) is 26.2. The molecular formula is C25H27ClN2O6S. The number of anilines is 1. The third-order valence-electron chi connectivity index (χ3n) is 5.03. The van der Waals surface area contributed by atoms with Gasteiger partial charge in [-0.25, -0.2) is 8.42 Å². The van der Waals surface area contributed by atoms with Gasteiger partial charge in [0.1, 0.15) is 18.9 Å². The van der Waals surface area contributed by atoms with Gasteiger partial charge >= 0.3 is 0 Å². The van der Waals surface area contributed by atoms with Crippen LogP contribution >= 0.6 is 11.6 Å². The summed E-state index contributed by atoms with van der Waals surface area (Å²) in [5.41, 5.74) is 1.35. The van der Waals surface area contributed by atoms with E-state index in [0.29, 0.717) is 16.5 Å². The normalized spacial score (nSPS) is 11.0. The number of halogens is 1. The van der Waals surface area contributed by atoms with Crippen molar-refractivity contribution in [1.29, 1.82) is 0 Å². The first-order valence-electron chi connectivity index (χ1n) is 10.7. The Kier molecular flexibility index (Phi) is 8.84. The number of sulfonamides is 1. The highest BCUT2D eigenvalue weighted by molar-refractivity contribution is 7.92. The number of amides is 1. The maximum atomic E-state index is 13.6. The molecule has 186 valence electrons. The second-order valence-corrected chi connectivity index (χ2v) is 9.82. The molecule has 0 aliphatic heterocycles. The Morgan fingerprint density at radius 1 is 0.971 bits per heavy atom. The zero-order chi connectivity index (χ0) is 25.4. The van der Waals surface area contributed by atoms with Gasteiger partial charge < -0.3 is 19.5 Å². The van der Waals surface area contributed by atoms with Crippen LogP contribution in [-0.2, 0) is 14.8 Å². The van der Waals surface area contributed by atoms with Crippen LogP contribution in [-0.4, -0.2) is 48.2 Å². The molecule has 0 bridgehead atoms. The smallest absolute Gasteiger partial charge is 0.264 e. The summed E-state index contributed by atoms with van der Waals surface area (Å²) in [6, 6.07) is 18.0. The van der Waals surface area contributed by atoms with Gasteiger partial charge in [0, 0.05) is 11.1 Å². The standard InChI is InChI=1S/C25H27ClN2O6S/c1-18-5-4-6-21(15-18)34-14-13-27-25(29)17-28(20-9-7-19(26)8-10-20)35(30,31)22-11-12-23(32-2)24(16-22)33-3/h4-12,15-16H,13-14,17H2,1-3H3,(H,27,29). The van der Waals surface area contributed by atoms with Crippen LogP contribution in [0.1, 0.15) is 5.56 Å². The van der Waals surface area contributed by atoms with Crippen LogP contribution in [0.4, 0.5) is 5.69 Å². The lowest BCUT2D eigenvalue weighted by molar-refractivity contribution is -0.119. The Morgan fingerprint density at radius 2 is 1.69 bits per heavy atom. The van der Waals surface area contributed by atoms with Gasteiger partial charge in [0.05, 0.1) is 31.3 Å². The number of benzene rings is 3. The van der Waals surface area contributed by atoms with Crippen molar-refractivity contribution in [1.82, 2.24) is 5.32 Å². The Morgan fingerprint density at radius 3 is 2.34 bits per heavy atom. The highest BCUT2D eigenvalue weighted by Gasteiger charge is 2.28. The number of hydrogen-bond acceptors (Lipinski definition) is 6. The molecule has 1 N–H and O–H groups in total. The van der Waals surface area contributed by atoms with E-state index in [-0.39, 0.29) is 29.5 Å². The molecule has 0 fully saturated rings. The second-order valence-electron chi connectivity index (χ2n) is 7.52. The summed E-state index contributed by atoms with van der Waals surface area (Å²) < 4.78 is 44.2. The molecule has 0 aliphatic carbocycles. The average molecular weight is 519 g/mol. The molecule has 0 aromatic heterocycles. The summed E-state index contributed by atoms with van der Waals surface area (Å²) >= 11 is 5.98. The van der Waals surface area contributed by atoms with Crippen LogP contribution in [0.3, 0.4) is 0 Å². The topological polar surface area (TPSA) is 94.2 Å². The van der Waals surface area contributed by atoms with Crippen LogP contribution < -0.4 is 23.8 Å². The summed E-state index contributed by atoms with van der Waals surface area (Å²) in [5.74, 6) is 0.841. The van der Waals surface area contributed by atoms with E-state index in [4.69, 9.17) is 25.8 Å². The van der Waals surface area contributed by atoms with Gasteiger partial charge in [-0.3, -0.25) is 9.10 Å². The molecule has 0 unspecified atom stereocenters. The zero-order valence-electron chi connectivity index (χ0n) is 19.7. The first-order valence-corrected chi connectivity index (χ1v) is 12.5. The van der Waals surface area contributed by atoms with Gasteiger partial charge in [0.2, 0.25) is 5.91 Å². The van der Waals surface area contributed by atoms with Gasteiger partial charge in [-0.1, -0.05) is 23.7 Å². The molecule has 0 atom stereocenters. The maximum absolute atomic E-state index is 13.6. The van der Waals surface area contributed by atoms with Crippen LogP contribution in [0.2, 0.25) is 5.02 Å². The Hall–Kier alpha value is -3.43. The number of carbonyl (C=O) groups is 1. The summed E-state index contributed by atoms with van der Waals surface area (Å²) in [6.07, 6.45) is 0. The average Bonchev–Trinajstić information content (AvgIpc) is 2.85. The molecule has 3 rings (SSSR count). The van der Waals surface area contributed by atoms with Gasteiger partial charge in [-0.05, 0) is 61.0 Å². The van der Waals surface area contributed by atoms with Crippen molar-refractivity contribution in [3.05, 3.63) is 77.3 Å². The van der Waals surface area contributed by atoms with Crippen molar-refractivity contribution < 1.29 is 27.4 Å². The highest BCUT2D eigenvalue weighted by Crippen LogP contribution is 2.32. The fourth-order valence-electron chi connectivity index (χ4n) is 3.28. The SMILES string of the molecule is COc1ccc(S(=O)(=O)N(CC(=O)NCCOc2cccc(C)c2)c2ccc(Cl)cc2)cc1OC. The molecule has 0 saturated carbocycles. The van der Waals surface area contributed by atoms with E-state index in [1.54, 1.807) is 12.1 Å². The molecule has 3 aromatic rings. The van der Waals surface area contributed by atoms with E-state index < -0.39 is 22.5 Å². The summed E-state index contributed by atoms with van der Waals surface area (Å²) in [7, 11) is -1.26. The molecule has 0 aliphatic rings. The number of nitrogens with zero attached hydrogens (tertiary/aromatic N) is 1. The molecule has 1 amide bonds. The number of rotatable bonds is 11. The van der Waals surface area contributed by atoms with Crippen LogP contribution in [0.25, 0.3) is 0 Å². The lowest BCUT2D eigenvalue weighted by Gasteiger charge is -2.24. The fraction of sp³-hybridized carbons (Fsp3) is 0.240. The lowest BCUT2D eigenvalue weighted by Crippen LogP contribution is -2.41. The van der Waals surface area contributed by atoms with E-state index in [9.17, 15) is 13.2 Å². The minimum absolute atomic E-state index is 0.0549. The summed E-state index contributed by atoms with van der Waals surface area (Å²) in [5, 5.41) is 3.14. The zero-order valence-corrected chi connectivity index (χ0v) is 21.2. The molecule has 10 heteroatoms. The van der Waals surface area contributed by atoms with E-state index in [1.807, 2.05) is 31.2 Å². The molecule has 0 radical (unpaired) electrons. The monoisotopic (exact) mass is 518 g/mol. The van der Waals surface area contributed by atoms with Crippen LogP contribution in [0, 0.1) is 6.92 Å². The Bertz CT molecular complexity index is 1270. The predicted octanol–water partition coefficient (Wildman–Crippen LogP) is 4.06. The number of ether oxygens (including phenoxy) is 3. The molecule has 8 nitrogen and oxygen atoms in total. The molecule has 3 aromatic carbocycles. The maximum Gasteiger partial charge on any atom is 0.264 e. The van der Waals surface area contributed by atoms with Gasteiger partial charge in [0.25, 0.3) is 10.0 Å². The van der Waals surface area contributed by atoms with Crippen LogP contribution in [0.15, 0.2) is 71.6 Å². The summed E-state index contributed by atoms with van der Waals surface area (Å²) in [6.45, 7) is 1.96. The van der Waals surface area contributed by atoms with E-state index in [2.05, 4.69) is 5.32 Å². The third kappa shape index (κ3) is 6.80. The predicted molar refractivity (Wildman–Crippen MR) is 135 cm³/mol. The number of hydrogen-bond donors (Lipinski definition) is 1.